The maximum atomic E-state index is 13.0. The Morgan fingerprint density at radius 3 is 2.70 bits per heavy atom. The van der Waals surface area contributed by atoms with E-state index in [0.717, 1.165) is 10.0 Å². The summed E-state index contributed by atoms with van der Waals surface area (Å²) in [5, 5.41) is 0. The van der Waals surface area contributed by atoms with Crippen molar-refractivity contribution < 1.29 is 4.39 Å². The van der Waals surface area contributed by atoms with Gasteiger partial charge in [-0.2, -0.15) is 0 Å². The quantitative estimate of drug-likeness (QED) is 0.642. The number of benzene rings is 1. The summed E-state index contributed by atoms with van der Waals surface area (Å²) in [6, 6.07) is 5.51. The molecular weight excluding hydrogens is 261 g/mol. The van der Waals surface area contributed by atoms with Crippen molar-refractivity contribution in [2.24, 2.45) is 0 Å². The maximum absolute atomic E-state index is 13.0. The van der Waals surface area contributed by atoms with Crippen LogP contribution >= 0.6 is 0 Å². The van der Waals surface area contributed by atoms with E-state index in [1.54, 1.807) is 13.0 Å². The average molecular weight is 268 g/mol. The van der Waals surface area contributed by atoms with Crippen LogP contribution in [0, 0.1) is 12.7 Å². The minimum atomic E-state index is -0.0388. The van der Waals surface area contributed by atoms with E-state index < -0.39 is 0 Å². The molecule has 0 aliphatic carbocycles. The molecule has 0 unspecified atom stereocenters. The average Bonchev–Trinajstić information content (AvgIpc) is 1.95. The molecule has 0 saturated heterocycles. The zero-order valence-corrected chi connectivity index (χ0v) is 9.06. The monoisotopic (exact) mass is 270 g/mol. The normalized spacial score (nSPS) is 9.90. The molecule has 0 aliphatic heterocycles. The van der Waals surface area contributed by atoms with Gasteiger partial charge in [-0.25, -0.2) is 0 Å². The van der Waals surface area contributed by atoms with Crippen molar-refractivity contribution in [2.45, 2.75) is 6.92 Å². The van der Waals surface area contributed by atoms with Crippen LogP contribution in [0.25, 0.3) is 0 Å². The summed E-state index contributed by atoms with van der Waals surface area (Å²) in [6.45, 7) is 1.79. The van der Waals surface area contributed by atoms with E-state index in [2.05, 4.69) is 14.2 Å². The van der Waals surface area contributed by atoms with Crippen molar-refractivity contribution >= 4 is 31.8 Å². The number of aryl methyl sites for hydroxylation is 1. The zero-order valence-electron chi connectivity index (χ0n) is 5.47. The van der Waals surface area contributed by atoms with Crippen molar-refractivity contribution in [3.05, 3.63) is 29.6 Å². The van der Waals surface area contributed by atoms with Gasteiger partial charge in [-0.05, 0) is 0 Å². The third kappa shape index (κ3) is 1.61. The van der Waals surface area contributed by atoms with Crippen LogP contribution < -0.4 is 4.46 Å². The Labute approximate surface area is 72.7 Å². The molecule has 3 heteroatoms. The fourth-order valence-electron chi connectivity index (χ4n) is 0.691. The fourth-order valence-corrected chi connectivity index (χ4v) is 3.03. The second kappa shape index (κ2) is 3.54. The van der Waals surface area contributed by atoms with Crippen LogP contribution in [0.1, 0.15) is 5.56 Å². The molecule has 0 saturated carbocycles. The van der Waals surface area contributed by atoms with Gasteiger partial charge in [-0.15, -0.1) is 0 Å². The summed E-state index contributed by atoms with van der Waals surface area (Å²) in [5.41, 5.74) is 0.741. The number of halogens is 1. The van der Waals surface area contributed by atoms with Crippen molar-refractivity contribution in [1.29, 1.82) is 0 Å². The van der Waals surface area contributed by atoms with E-state index in [1.165, 1.54) is 0 Å². The van der Waals surface area contributed by atoms with Crippen LogP contribution in [0.2, 0.25) is 0 Å². The Morgan fingerprint density at radius 1 is 1.50 bits per heavy atom. The van der Waals surface area contributed by atoms with Gasteiger partial charge in [0.05, 0.1) is 0 Å². The molecule has 0 spiro atoms. The zero-order chi connectivity index (χ0) is 7.56. The van der Waals surface area contributed by atoms with Gasteiger partial charge in [0, 0.05) is 0 Å². The molecule has 0 atom stereocenters. The van der Waals surface area contributed by atoms with Crippen LogP contribution in [-0.2, 0) is 0 Å². The van der Waals surface area contributed by atoms with Gasteiger partial charge in [0.15, 0.2) is 0 Å². The fraction of sp³-hybridized carbons (Fsp3) is 0.143. The standard InChI is InChI=1S/C7H7FSe2/c1-5-3-2-4-6(10-9)7(5)8/h2-4,9H,1H3. The molecule has 0 fully saturated rings. The summed E-state index contributed by atoms with van der Waals surface area (Å²) in [7, 11) is 0. The molecular formula is C7H7FSe2. The van der Waals surface area contributed by atoms with Crippen molar-refractivity contribution in [3.8, 4) is 0 Å². The summed E-state index contributed by atoms with van der Waals surface area (Å²) < 4.78 is 13.8. The molecule has 10 heavy (non-hydrogen) atoms. The van der Waals surface area contributed by atoms with Gasteiger partial charge in [0.2, 0.25) is 0 Å². The van der Waals surface area contributed by atoms with Gasteiger partial charge in [0.1, 0.15) is 0 Å². The molecule has 1 rings (SSSR count). The molecule has 0 amide bonds. The van der Waals surface area contributed by atoms with Crippen LogP contribution in [0.4, 0.5) is 4.39 Å². The Bertz CT molecular complexity index is 235. The van der Waals surface area contributed by atoms with E-state index in [0.29, 0.717) is 0 Å². The number of hydrogen-bond acceptors (Lipinski definition) is 0. The topological polar surface area (TPSA) is 0 Å². The SMILES string of the molecule is Cc1cccc([Se][SeH])c1F. The molecule has 0 nitrogen and oxygen atoms in total. The van der Waals surface area contributed by atoms with E-state index in [1.807, 2.05) is 12.1 Å². The van der Waals surface area contributed by atoms with E-state index >= 15 is 0 Å². The molecule has 0 aliphatic rings. The Kier molecular flexibility index (Phi) is 2.94. The van der Waals surface area contributed by atoms with Gasteiger partial charge >= 0.3 is 72.7 Å². The second-order valence-electron chi connectivity index (χ2n) is 1.98. The summed E-state index contributed by atoms with van der Waals surface area (Å²) in [6.07, 6.45) is 0. The first kappa shape index (κ1) is 8.29. The third-order valence-electron chi connectivity index (χ3n) is 1.25. The molecule has 1 aromatic rings. The number of rotatable bonds is 1. The first-order valence-corrected chi connectivity index (χ1v) is 8.42. The van der Waals surface area contributed by atoms with Gasteiger partial charge in [0.25, 0.3) is 0 Å². The van der Waals surface area contributed by atoms with E-state index in [-0.39, 0.29) is 18.9 Å². The van der Waals surface area contributed by atoms with Gasteiger partial charge in [-0.3, -0.25) is 0 Å². The van der Waals surface area contributed by atoms with E-state index in [9.17, 15) is 4.39 Å². The molecule has 54 valence electrons. The van der Waals surface area contributed by atoms with Gasteiger partial charge in [-0.1, -0.05) is 0 Å². The molecule has 1 aromatic carbocycles. The minimum absolute atomic E-state index is 0.0388. The van der Waals surface area contributed by atoms with Crippen molar-refractivity contribution in [1.82, 2.24) is 0 Å². The van der Waals surface area contributed by atoms with Crippen LogP contribution in [-0.4, -0.2) is 27.3 Å². The van der Waals surface area contributed by atoms with Crippen LogP contribution in [0.5, 0.6) is 0 Å². The Morgan fingerprint density at radius 2 is 2.20 bits per heavy atom. The molecule has 0 heterocycles. The van der Waals surface area contributed by atoms with Crippen molar-refractivity contribution in [3.63, 3.8) is 0 Å². The van der Waals surface area contributed by atoms with E-state index in [4.69, 9.17) is 0 Å². The molecule has 0 bridgehead atoms. The third-order valence-corrected chi connectivity index (χ3v) is 4.47. The molecule has 0 N–H and O–H groups in total. The Hall–Kier alpha value is 0.189. The summed E-state index contributed by atoms with van der Waals surface area (Å²) in [4.78, 5) is 0. The first-order chi connectivity index (χ1) is 4.75. The van der Waals surface area contributed by atoms with Crippen LogP contribution in [0.3, 0.4) is 0 Å². The van der Waals surface area contributed by atoms with Crippen LogP contribution in [0.15, 0.2) is 18.2 Å². The Balaban J connectivity index is 3.14. The predicted octanol–water partition coefficient (Wildman–Crippen LogP) is 0.279. The predicted molar refractivity (Wildman–Crippen MR) is 43.7 cm³/mol. The summed E-state index contributed by atoms with van der Waals surface area (Å²) >= 11 is 2.65. The molecule has 0 radical (unpaired) electrons. The number of hydrogen-bond donors (Lipinski definition) is 0. The molecule has 0 aromatic heterocycles. The van der Waals surface area contributed by atoms with Crippen molar-refractivity contribution in [2.75, 3.05) is 0 Å². The first-order valence-electron chi connectivity index (χ1n) is 2.82. The summed E-state index contributed by atoms with van der Waals surface area (Å²) in [5.74, 6) is -0.0388. The second-order valence-corrected chi connectivity index (χ2v) is 5.27. The van der Waals surface area contributed by atoms with Gasteiger partial charge < -0.3 is 0 Å².